The number of hydrogen-bond donors (Lipinski definition) is 1. The molecule has 1 aliphatic rings. The van der Waals surface area contributed by atoms with Crippen molar-refractivity contribution in [2.45, 2.75) is 44.4 Å². The van der Waals surface area contributed by atoms with Crippen LogP contribution in [-0.4, -0.2) is 66.7 Å². The molecule has 3 rings (SSSR count). The second-order valence-electron chi connectivity index (χ2n) is 10.1. The molecule has 10 heteroatoms. The Morgan fingerprint density at radius 1 is 1.13 bits per heavy atom. The second kappa shape index (κ2) is 12.4. The Bertz CT molecular complexity index is 1110. The maximum absolute atomic E-state index is 13.9. The lowest BCUT2D eigenvalue weighted by molar-refractivity contribution is -0.262. The van der Waals surface area contributed by atoms with Crippen LogP contribution in [0.15, 0.2) is 48.5 Å². The fourth-order valence-corrected chi connectivity index (χ4v) is 4.83. The van der Waals surface area contributed by atoms with Crippen molar-refractivity contribution in [1.29, 1.82) is 0 Å². The Labute approximate surface area is 226 Å². The number of alkyl halides is 3. The summed E-state index contributed by atoms with van der Waals surface area (Å²) in [5, 5.41) is 10.9. The quantitative estimate of drug-likeness (QED) is 0.443. The highest BCUT2D eigenvalue weighted by atomic mass is 35.5. The van der Waals surface area contributed by atoms with Gasteiger partial charge in [-0.05, 0) is 55.7 Å². The van der Waals surface area contributed by atoms with Crippen molar-refractivity contribution in [1.82, 2.24) is 9.80 Å². The summed E-state index contributed by atoms with van der Waals surface area (Å²) in [6, 6.07) is 11.5. The van der Waals surface area contributed by atoms with E-state index in [9.17, 15) is 27.9 Å². The highest BCUT2D eigenvalue weighted by molar-refractivity contribution is 6.34. The largest absolute Gasteiger partial charge is 0.493 e. The molecular weight excluding hydrogens is 521 g/mol. The van der Waals surface area contributed by atoms with E-state index in [1.165, 1.54) is 23.1 Å². The van der Waals surface area contributed by atoms with Gasteiger partial charge in [-0.25, -0.2) is 0 Å². The number of ether oxygens (including phenoxy) is 1. The summed E-state index contributed by atoms with van der Waals surface area (Å²) in [5.41, 5.74) is -3.64. The number of carbonyl (C=O) groups is 2. The Kier molecular flexibility index (Phi) is 9.70. The van der Waals surface area contributed by atoms with Crippen molar-refractivity contribution >= 4 is 23.4 Å². The number of rotatable bonds is 9. The molecule has 1 fully saturated rings. The zero-order valence-corrected chi connectivity index (χ0v) is 22.6. The minimum atomic E-state index is -5.13. The predicted octanol–water partition coefficient (Wildman–Crippen LogP) is 5.53. The van der Waals surface area contributed by atoms with E-state index in [1.54, 1.807) is 32.3 Å². The van der Waals surface area contributed by atoms with Gasteiger partial charge < -0.3 is 19.6 Å². The normalized spacial score (nSPS) is 17.0. The average Bonchev–Trinajstić information content (AvgIpc) is 2.89. The highest BCUT2D eigenvalue weighted by Crippen LogP contribution is 2.41. The zero-order chi connectivity index (χ0) is 28.1. The molecule has 2 aromatic carbocycles. The van der Waals surface area contributed by atoms with E-state index in [0.29, 0.717) is 35.8 Å². The van der Waals surface area contributed by atoms with Crippen LogP contribution in [0.4, 0.5) is 13.2 Å². The molecule has 1 heterocycles. The number of carbonyl (C=O) groups excluding carboxylic acids is 2. The summed E-state index contributed by atoms with van der Waals surface area (Å²) in [4.78, 5) is 27.6. The van der Waals surface area contributed by atoms with Gasteiger partial charge in [-0.2, -0.15) is 13.2 Å². The molecule has 0 saturated carbocycles. The van der Waals surface area contributed by atoms with Crippen LogP contribution in [0.25, 0.3) is 0 Å². The maximum Gasteiger partial charge on any atom is 0.430 e. The summed E-state index contributed by atoms with van der Waals surface area (Å²) >= 11 is 6.23. The number of likely N-dealkylation sites (tertiary alicyclic amines) is 1. The summed E-state index contributed by atoms with van der Waals surface area (Å²) in [7, 11) is 3.30. The van der Waals surface area contributed by atoms with Gasteiger partial charge in [0.15, 0.2) is 0 Å². The Morgan fingerprint density at radius 3 is 2.32 bits per heavy atom. The third-order valence-corrected chi connectivity index (χ3v) is 7.31. The van der Waals surface area contributed by atoms with Crippen molar-refractivity contribution < 1.29 is 32.6 Å². The van der Waals surface area contributed by atoms with Gasteiger partial charge in [0.2, 0.25) is 0 Å². The molecule has 0 bridgehead atoms. The van der Waals surface area contributed by atoms with Gasteiger partial charge in [0.1, 0.15) is 5.75 Å². The number of nitrogens with zero attached hydrogens (tertiary/aromatic N) is 2. The number of aliphatic hydroxyl groups is 1. The van der Waals surface area contributed by atoms with Gasteiger partial charge in [0.05, 0.1) is 17.2 Å². The van der Waals surface area contributed by atoms with Gasteiger partial charge in [-0.1, -0.05) is 48.9 Å². The molecule has 1 N–H and O–H groups in total. The van der Waals surface area contributed by atoms with Crippen LogP contribution in [0.2, 0.25) is 5.02 Å². The minimum absolute atomic E-state index is 0.163. The number of halogens is 4. The molecular formula is C28H34ClF3N2O4. The van der Waals surface area contributed by atoms with Crippen molar-refractivity contribution in [3.8, 4) is 5.75 Å². The summed E-state index contributed by atoms with van der Waals surface area (Å²) in [6.45, 7) is 2.82. The van der Waals surface area contributed by atoms with Gasteiger partial charge in [0, 0.05) is 32.7 Å². The lowest BCUT2D eigenvalue weighted by Gasteiger charge is -2.38. The lowest BCUT2D eigenvalue weighted by Crippen LogP contribution is -2.57. The van der Waals surface area contributed by atoms with E-state index in [2.05, 4.69) is 0 Å². The van der Waals surface area contributed by atoms with Gasteiger partial charge in [0.25, 0.3) is 17.4 Å². The molecule has 208 valence electrons. The molecule has 1 saturated heterocycles. The van der Waals surface area contributed by atoms with Gasteiger partial charge >= 0.3 is 6.18 Å². The molecule has 2 aromatic rings. The van der Waals surface area contributed by atoms with E-state index >= 15 is 0 Å². The fourth-order valence-electron chi connectivity index (χ4n) is 4.58. The van der Waals surface area contributed by atoms with E-state index in [1.807, 2.05) is 6.92 Å². The SMILES string of the molecule is C[C@@H](CCC1CCN(C(=O)[C@](O)(c2ccccc2)C(F)(F)F)CC1)COc1ccc(C(=O)N(C)C)c(Cl)c1. The summed E-state index contributed by atoms with van der Waals surface area (Å²) in [6.07, 6.45) is -2.30. The maximum atomic E-state index is 13.9. The van der Waals surface area contributed by atoms with Crippen molar-refractivity contribution in [3.05, 3.63) is 64.7 Å². The first-order chi connectivity index (χ1) is 17.8. The Balaban J connectivity index is 1.48. The standard InChI is InChI=1S/C28H34ClF3N2O4/c1-19(18-38-22-11-12-23(24(29)17-22)25(35)33(2)3)9-10-20-13-15-34(16-14-20)26(36)27(37,28(30,31)32)21-7-5-4-6-8-21/h4-8,11-12,17,19-20,37H,9-10,13-16,18H2,1-3H3/t19-,27+/m0/s1. The van der Waals surface area contributed by atoms with Crippen LogP contribution in [0.1, 0.15) is 48.5 Å². The second-order valence-corrected chi connectivity index (χ2v) is 10.6. The van der Waals surface area contributed by atoms with Crippen molar-refractivity contribution in [2.75, 3.05) is 33.8 Å². The molecule has 0 spiro atoms. The van der Waals surface area contributed by atoms with Crippen LogP contribution in [0, 0.1) is 11.8 Å². The van der Waals surface area contributed by atoms with Crippen LogP contribution >= 0.6 is 11.6 Å². The lowest BCUT2D eigenvalue weighted by atomic mass is 9.87. The monoisotopic (exact) mass is 554 g/mol. The van der Waals surface area contributed by atoms with Crippen LogP contribution in [0.3, 0.4) is 0 Å². The first-order valence-electron chi connectivity index (χ1n) is 12.6. The van der Waals surface area contributed by atoms with Crippen molar-refractivity contribution in [2.24, 2.45) is 11.8 Å². The summed E-state index contributed by atoms with van der Waals surface area (Å²) in [5.74, 6) is -0.466. The fraction of sp³-hybridized carbons (Fsp3) is 0.500. The van der Waals surface area contributed by atoms with Gasteiger partial charge in [-0.15, -0.1) is 0 Å². The third kappa shape index (κ3) is 6.80. The van der Waals surface area contributed by atoms with Crippen LogP contribution in [-0.2, 0) is 10.4 Å². The van der Waals surface area contributed by atoms with E-state index < -0.39 is 23.2 Å². The molecule has 6 nitrogen and oxygen atoms in total. The molecule has 0 unspecified atom stereocenters. The molecule has 2 atom stereocenters. The number of hydrogen-bond acceptors (Lipinski definition) is 4. The highest BCUT2D eigenvalue weighted by Gasteiger charge is 2.62. The van der Waals surface area contributed by atoms with Crippen LogP contribution < -0.4 is 4.74 Å². The minimum Gasteiger partial charge on any atom is -0.493 e. The average molecular weight is 555 g/mol. The Hall–Kier alpha value is -2.78. The smallest absolute Gasteiger partial charge is 0.430 e. The molecule has 0 radical (unpaired) electrons. The predicted molar refractivity (Wildman–Crippen MR) is 139 cm³/mol. The van der Waals surface area contributed by atoms with Crippen molar-refractivity contribution in [3.63, 3.8) is 0 Å². The zero-order valence-electron chi connectivity index (χ0n) is 21.8. The molecule has 2 amide bonds. The molecule has 38 heavy (non-hydrogen) atoms. The molecule has 0 aromatic heterocycles. The van der Waals surface area contributed by atoms with Crippen LogP contribution in [0.5, 0.6) is 5.75 Å². The summed E-state index contributed by atoms with van der Waals surface area (Å²) < 4.78 is 47.4. The van der Waals surface area contributed by atoms with E-state index in [4.69, 9.17) is 16.3 Å². The first kappa shape index (κ1) is 29.8. The number of piperidine rings is 1. The van der Waals surface area contributed by atoms with E-state index in [-0.39, 0.29) is 30.8 Å². The third-order valence-electron chi connectivity index (χ3n) is 6.99. The number of benzene rings is 2. The Morgan fingerprint density at radius 2 is 1.76 bits per heavy atom. The first-order valence-corrected chi connectivity index (χ1v) is 13.0. The van der Waals surface area contributed by atoms with E-state index in [0.717, 1.165) is 29.9 Å². The number of amides is 2. The topological polar surface area (TPSA) is 70.1 Å². The molecule has 1 aliphatic heterocycles. The molecule has 0 aliphatic carbocycles. The van der Waals surface area contributed by atoms with Gasteiger partial charge in [-0.3, -0.25) is 9.59 Å².